The molecular weight excluding hydrogens is 312 g/mol. The highest BCUT2D eigenvalue weighted by molar-refractivity contribution is 5.93. The third-order valence-electron chi connectivity index (χ3n) is 4.00. The van der Waals surface area contributed by atoms with Gasteiger partial charge in [-0.05, 0) is 56.7 Å². The number of nitrogens with one attached hydrogen (secondary N) is 1. The van der Waals surface area contributed by atoms with E-state index in [-0.39, 0.29) is 5.91 Å². The summed E-state index contributed by atoms with van der Waals surface area (Å²) in [4.78, 5) is 16.0. The Morgan fingerprint density at radius 1 is 1.12 bits per heavy atom. The molecule has 25 heavy (non-hydrogen) atoms. The maximum absolute atomic E-state index is 12.0. The van der Waals surface area contributed by atoms with E-state index in [0.29, 0.717) is 5.69 Å². The van der Waals surface area contributed by atoms with Crippen LogP contribution >= 0.6 is 0 Å². The van der Waals surface area contributed by atoms with Gasteiger partial charge in [-0.25, -0.2) is 5.43 Å². The molecule has 5 nitrogen and oxygen atoms in total. The molecule has 2 aromatic heterocycles. The van der Waals surface area contributed by atoms with E-state index in [1.54, 1.807) is 30.6 Å². The number of hydrogen-bond donors (Lipinski definition) is 1. The van der Waals surface area contributed by atoms with E-state index in [4.69, 9.17) is 0 Å². The van der Waals surface area contributed by atoms with Crippen molar-refractivity contribution < 1.29 is 4.79 Å². The zero-order valence-corrected chi connectivity index (χ0v) is 14.5. The Bertz CT molecular complexity index is 926. The van der Waals surface area contributed by atoms with Gasteiger partial charge < -0.3 is 4.57 Å². The molecule has 0 bridgehead atoms. The quantitative estimate of drug-likeness (QED) is 0.586. The molecule has 0 radical (unpaired) electrons. The van der Waals surface area contributed by atoms with Crippen molar-refractivity contribution >= 4 is 12.1 Å². The Labute approximate surface area is 147 Å². The Hall–Kier alpha value is -3.21. The van der Waals surface area contributed by atoms with Crippen molar-refractivity contribution in [3.05, 3.63) is 82.9 Å². The summed E-state index contributed by atoms with van der Waals surface area (Å²) in [7, 11) is 0. The van der Waals surface area contributed by atoms with Crippen LogP contribution in [0, 0.1) is 20.8 Å². The molecular formula is C20H20N4O. The van der Waals surface area contributed by atoms with Crippen molar-refractivity contribution in [2.24, 2.45) is 5.10 Å². The summed E-state index contributed by atoms with van der Waals surface area (Å²) in [6.45, 7) is 6.17. The van der Waals surface area contributed by atoms with Crippen molar-refractivity contribution in [1.82, 2.24) is 15.0 Å². The van der Waals surface area contributed by atoms with Crippen LogP contribution in [-0.2, 0) is 0 Å². The topological polar surface area (TPSA) is 59.3 Å². The van der Waals surface area contributed by atoms with E-state index in [2.05, 4.69) is 52.1 Å². The molecule has 1 amide bonds. The second kappa shape index (κ2) is 7.13. The lowest BCUT2D eigenvalue weighted by Crippen LogP contribution is -2.18. The van der Waals surface area contributed by atoms with Crippen molar-refractivity contribution in [2.45, 2.75) is 20.8 Å². The average Bonchev–Trinajstić information content (AvgIpc) is 2.89. The number of pyridine rings is 1. The molecule has 1 N–H and O–H groups in total. The average molecular weight is 332 g/mol. The fraction of sp³-hybridized carbons (Fsp3) is 0.150. The summed E-state index contributed by atoms with van der Waals surface area (Å²) in [6.07, 6.45) is 3.24. The third-order valence-corrected chi connectivity index (χ3v) is 4.00. The van der Waals surface area contributed by atoms with Gasteiger partial charge in [0.25, 0.3) is 5.91 Å². The minimum atomic E-state index is -0.329. The summed E-state index contributed by atoms with van der Waals surface area (Å²) in [6, 6.07) is 15.6. The molecule has 0 spiro atoms. The molecule has 0 saturated heterocycles. The normalized spacial score (nSPS) is 11.0. The number of hydrogen-bond acceptors (Lipinski definition) is 3. The van der Waals surface area contributed by atoms with Crippen LogP contribution in [0.4, 0.5) is 0 Å². The maximum atomic E-state index is 12.0. The molecule has 126 valence electrons. The molecule has 5 heteroatoms. The summed E-state index contributed by atoms with van der Waals surface area (Å²) >= 11 is 0. The second-order valence-electron chi connectivity index (χ2n) is 5.91. The minimum Gasteiger partial charge on any atom is -0.318 e. The SMILES string of the molecule is Cc1cccc(-n2c(C)cc(/C=N\NC(=O)c3ccccn3)c2C)c1. The lowest BCUT2D eigenvalue weighted by atomic mass is 10.2. The van der Waals surface area contributed by atoms with E-state index in [9.17, 15) is 4.79 Å². The molecule has 3 aromatic rings. The zero-order valence-electron chi connectivity index (χ0n) is 14.5. The second-order valence-corrected chi connectivity index (χ2v) is 5.91. The highest BCUT2D eigenvalue weighted by Gasteiger charge is 2.10. The predicted molar refractivity (Wildman–Crippen MR) is 99.3 cm³/mol. The molecule has 0 atom stereocenters. The van der Waals surface area contributed by atoms with Crippen LogP contribution in [0.1, 0.15) is 33.0 Å². The molecule has 0 unspecified atom stereocenters. The standard InChI is InChI=1S/C20H20N4O/c1-14-7-6-8-18(11-14)24-15(2)12-17(16(24)3)13-22-23-20(25)19-9-4-5-10-21-19/h4-13H,1-3H3,(H,23,25)/b22-13-. The monoisotopic (exact) mass is 332 g/mol. The van der Waals surface area contributed by atoms with Gasteiger partial charge in [-0.2, -0.15) is 5.10 Å². The molecule has 1 aromatic carbocycles. The molecule has 0 saturated carbocycles. The summed E-state index contributed by atoms with van der Waals surface area (Å²) in [5.74, 6) is -0.329. The zero-order chi connectivity index (χ0) is 17.8. The van der Waals surface area contributed by atoms with Crippen LogP contribution in [0.5, 0.6) is 0 Å². The number of hydrazone groups is 1. The Morgan fingerprint density at radius 3 is 2.68 bits per heavy atom. The minimum absolute atomic E-state index is 0.329. The first-order valence-corrected chi connectivity index (χ1v) is 8.06. The van der Waals surface area contributed by atoms with Gasteiger partial charge in [0.15, 0.2) is 0 Å². The van der Waals surface area contributed by atoms with Crippen LogP contribution in [0.15, 0.2) is 59.8 Å². The van der Waals surface area contributed by atoms with Gasteiger partial charge in [0, 0.05) is 28.8 Å². The smallest absolute Gasteiger partial charge is 0.289 e. The molecule has 3 rings (SSSR count). The van der Waals surface area contributed by atoms with Gasteiger partial charge >= 0.3 is 0 Å². The number of carbonyl (C=O) groups excluding carboxylic acids is 1. The van der Waals surface area contributed by atoms with E-state index in [1.807, 2.05) is 19.1 Å². The summed E-state index contributed by atoms with van der Waals surface area (Å²) < 4.78 is 2.18. The van der Waals surface area contributed by atoms with E-state index in [0.717, 1.165) is 22.6 Å². The molecule has 2 heterocycles. The van der Waals surface area contributed by atoms with E-state index < -0.39 is 0 Å². The van der Waals surface area contributed by atoms with Crippen molar-refractivity contribution in [3.8, 4) is 5.69 Å². The molecule has 0 aliphatic carbocycles. The van der Waals surface area contributed by atoms with Crippen LogP contribution < -0.4 is 5.43 Å². The lowest BCUT2D eigenvalue weighted by molar-refractivity contribution is 0.0950. The predicted octanol–water partition coefficient (Wildman–Crippen LogP) is 3.56. The Kier molecular flexibility index (Phi) is 4.75. The summed E-state index contributed by atoms with van der Waals surface area (Å²) in [5, 5.41) is 4.07. The van der Waals surface area contributed by atoms with Gasteiger partial charge in [-0.1, -0.05) is 18.2 Å². The van der Waals surface area contributed by atoms with Crippen molar-refractivity contribution in [2.75, 3.05) is 0 Å². The molecule has 0 aliphatic rings. The third kappa shape index (κ3) is 3.66. The first-order valence-electron chi connectivity index (χ1n) is 8.06. The molecule has 0 aliphatic heterocycles. The van der Waals surface area contributed by atoms with Crippen molar-refractivity contribution in [3.63, 3.8) is 0 Å². The lowest BCUT2D eigenvalue weighted by Gasteiger charge is -2.10. The number of aryl methyl sites for hydroxylation is 2. The number of rotatable bonds is 4. The first-order chi connectivity index (χ1) is 12.1. The fourth-order valence-corrected chi connectivity index (χ4v) is 2.80. The Morgan fingerprint density at radius 2 is 1.96 bits per heavy atom. The Balaban J connectivity index is 1.80. The number of amides is 1. The number of carbonyl (C=O) groups is 1. The largest absolute Gasteiger partial charge is 0.318 e. The first kappa shape index (κ1) is 16.6. The van der Waals surface area contributed by atoms with Crippen LogP contribution in [-0.4, -0.2) is 21.7 Å². The van der Waals surface area contributed by atoms with E-state index in [1.165, 1.54) is 5.56 Å². The van der Waals surface area contributed by atoms with Gasteiger partial charge in [0.05, 0.1) is 6.21 Å². The number of aromatic nitrogens is 2. The highest BCUT2D eigenvalue weighted by atomic mass is 16.2. The van der Waals surface area contributed by atoms with E-state index >= 15 is 0 Å². The van der Waals surface area contributed by atoms with Gasteiger partial charge in [0.1, 0.15) is 5.69 Å². The maximum Gasteiger partial charge on any atom is 0.289 e. The van der Waals surface area contributed by atoms with Gasteiger partial charge in [0.2, 0.25) is 0 Å². The van der Waals surface area contributed by atoms with Crippen LogP contribution in [0.3, 0.4) is 0 Å². The number of nitrogens with zero attached hydrogens (tertiary/aromatic N) is 3. The van der Waals surface area contributed by atoms with Gasteiger partial charge in [-0.15, -0.1) is 0 Å². The van der Waals surface area contributed by atoms with Crippen molar-refractivity contribution in [1.29, 1.82) is 0 Å². The summed E-state index contributed by atoms with van der Waals surface area (Å²) in [5.41, 5.74) is 8.32. The van der Waals surface area contributed by atoms with Crippen LogP contribution in [0.2, 0.25) is 0 Å². The fourth-order valence-electron chi connectivity index (χ4n) is 2.80. The van der Waals surface area contributed by atoms with Crippen LogP contribution in [0.25, 0.3) is 5.69 Å². The number of benzene rings is 1. The molecule has 0 fully saturated rings. The highest BCUT2D eigenvalue weighted by Crippen LogP contribution is 2.20. The van der Waals surface area contributed by atoms with Gasteiger partial charge in [-0.3, -0.25) is 9.78 Å².